The number of hydrogen-bond acceptors (Lipinski definition) is 3. The lowest BCUT2D eigenvalue weighted by Crippen LogP contribution is -2.46. The Morgan fingerprint density at radius 1 is 1.44 bits per heavy atom. The van der Waals surface area contributed by atoms with Gasteiger partial charge in [0, 0.05) is 11.8 Å². The van der Waals surface area contributed by atoms with E-state index >= 15 is 0 Å². The van der Waals surface area contributed by atoms with Crippen LogP contribution >= 0.6 is 11.8 Å². The molecule has 3 nitrogen and oxygen atoms in total. The molecule has 3 atom stereocenters. The molecule has 4 heteroatoms. The van der Waals surface area contributed by atoms with Crippen LogP contribution in [0.4, 0.5) is 0 Å². The summed E-state index contributed by atoms with van der Waals surface area (Å²) in [6.07, 6.45) is 4.65. The predicted molar refractivity (Wildman–Crippen MR) is 68.5 cm³/mol. The molecule has 0 aromatic rings. The molecule has 16 heavy (non-hydrogen) atoms. The number of rotatable bonds is 3. The zero-order chi connectivity index (χ0) is 11.5. The molecule has 92 valence electrons. The summed E-state index contributed by atoms with van der Waals surface area (Å²) < 4.78 is 0. The first-order chi connectivity index (χ1) is 7.77. The lowest BCUT2D eigenvalue weighted by Gasteiger charge is -2.34. The molecule has 2 heterocycles. The van der Waals surface area contributed by atoms with Crippen molar-refractivity contribution in [3.8, 4) is 0 Å². The Hall–Kier alpha value is -0.220. The van der Waals surface area contributed by atoms with Gasteiger partial charge in [-0.05, 0) is 31.4 Å². The highest BCUT2D eigenvalue weighted by molar-refractivity contribution is 7.99. The average molecular weight is 242 g/mol. The summed E-state index contributed by atoms with van der Waals surface area (Å²) in [5.41, 5.74) is 0. The van der Waals surface area contributed by atoms with Crippen LogP contribution in [0.1, 0.15) is 39.5 Å². The summed E-state index contributed by atoms with van der Waals surface area (Å²) in [4.78, 5) is 14.4. The van der Waals surface area contributed by atoms with E-state index in [9.17, 15) is 4.79 Å². The molecule has 3 unspecified atom stereocenters. The Kier molecular flexibility index (Phi) is 4.14. The van der Waals surface area contributed by atoms with E-state index in [1.165, 1.54) is 18.6 Å². The number of carbonyl (C=O) groups is 1. The van der Waals surface area contributed by atoms with Crippen molar-refractivity contribution in [2.75, 3.05) is 11.5 Å². The largest absolute Gasteiger partial charge is 0.322 e. The van der Waals surface area contributed by atoms with Crippen LogP contribution in [0.25, 0.3) is 0 Å². The van der Waals surface area contributed by atoms with Crippen molar-refractivity contribution in [2.45, 2.75) is 57.8 Å². The monoisotopic (exact) mass is 242 g/mol. The molecule has 1 amide bonds. The Labute approximate surface area is 102 Å². The van der Waals surface area contributed by atoms with Crippen LogP contribution in [0, 0.1) is 0 Å². The highest BCUT2D eigenvalue weighted by Gasteiger charge is 2.40. The van der Waals surface area contributed by atoms with E-state index in [2.05, 4.69) is 24.1 Å². The van der Waals surface area contributed by atoms with Gasteiger partial charge in [-0.1, -0.05) is 13.8 Å². The van der Waals surface area contributed by atoms with E-state index in [1.54, 1.807) is 0 Å². The fraction of sp³-hybridized carbons (Fsp3) is 0.917. The highest BCUT2D eigenvalue weighted by atomic mass is 32.2. The first-order valence-electron chi connectivity index (χ1n) is 6.43. The molecule has 1 N–H and O–H groups in total. The van der Waals surface area contributed by atoms with Crippen molar-refractivity contribution in [2.24, 2.45) is 0 Å². The van der Waals surface area contributed by atoms with E-state index < -0.39 is 0 Å². The van der Waals surface area contributed by atoms with E-state index in [1.807, 2.05) is 11.8 Å². The minimum Gasteiger partial charge on any atom is -0.322 e. The van der Waals surface area contributed by atoms with E-state index in [-0.39, 0.29) is 12.2 Å². The molecule has 2 saturated heterocycles. The van der Waals surface area contributed by atoms with E-state index in [4.69, 9.17) is 0 Å². The van der Waals surface area contributed by atoms with Crippen molar-refractivity contribution < 1.29 is 4.79 Å². The molecule has 2 aliphatic rings. The minimum absolute atomic E-state index is 0.0666. The fourth-order valence-corrected chi connectivity index (χ4v) is 3.84. The molecule has 2 fully saturated rings. The Morgan fingerprint density at radius 2 is 2.25 bits per heavy atom. The van der Waals surface area contributed by atoms with Gasteiger partial charge in [-0.25, -0.2) is 0 Å². The molecular formula is C12H22N2OS. The van der Waals surface area contributed by atoms with Gasteiger partial charge < -0.3 is 4.90 Å². The average Bonchev–Trinajstić information content (AvgIpc) is 2.66. The van der Waals surface area contributed by atoms with Gasteiger partial charge in [-0.15, -0.1) is 0 Å². The second-order valence-corrected chi connectivity index (χ2v) is 5.82. The maximum absolute atomic E-state index is 12.3. The van der Waals surface area contributed by atoms with Gasteiger partial charge in [0.2, 0.25) is 5.91 Å². The summed E-state index contributed by atoms with van der Waals surface area (Å²) in [6, 6.07) is 0.539. The van der Waals surface area contributed by atoms with Crippen LogP contribution in [0.3, 0.4) is 0 Å². The Balaban J connectivity index is 2.07. The van der Waals surface area contributed by atoms with Gasteiger partial charge in [-0.3, -0.25) is 10.1 Å². The molecule has 0 aromatic carbocycles. The van der Waals surface area contributed by atoms with Crippen LogP contribution in [0.15, 0.2) is 0 Å². The molecule has 0 bridgehead atoms. The number of amides is 1. The molecule has 0 saturated carbocycles. The zero-order valence-corrected chi connectivity index (χ0v) is 11.1. The fourth-order valence-electron chi connectivity index (χ4n) is 2.70. The summed E-state index contributed by atoms with van der Waals surface area (Å²) >= 11 is 1.99. The molecule has 2 aliphatic heterocycles. The predicted octanol–water partition coefficient (Wildman–Crippen LogP) is 1.83. The molecule has 0 radical (unpaired) electrons. The quantitative estimate of drug-likeness (QED) is 0.819. The third-order valence-corrected chi connectivity index (χ3v) is 4.80. The third kappa shape index (κ3) is 2.23. The summed E-state index contributed by atoms with van der Waals surface area (Å²) in [6.45, 7) is 4.24. The lowest BCUT2D eigenvalue weighted by molar-refractivity contribution is -0.132. The molecule has 0 aromatic heterocycles. The van der Waals surface area contributed by atoms with Crippen molar-refractivity contribution in [1.29, 1.82) is 0 Å². The first kappa shape index (κ1) is 12.2. The SMILES string of the molecule is CCC1NC(CC)N(C2CCCSC2)C1=O. The number of thioether (sulfide) groups is 1. The van der Waals surface area contributed by atoms with Crippen molar-refractivity contribution in [3.63, 3.8) is 0 Å². The van der Waals surface area contributed by atoms with Gasteiger partial charge in [-0.2, -0.15) is 11.8 Å². The number of hydrogen-bond donors (Lipinski definition) is 1. The second-order valence-electron chi connectivity index (χ2n) is 4.67. The maximum Gasteiger partial charge on any atom is 0.241 e. The van der Waals surface area contributed by atoms with E-state index in [0.717, 1.165) is 18.6 Å². The normalized spacial score (nSPS) is 35.8. The molecule has 0 spiro atoms. The van der Waals surface area contributed by atoms with Gasteiger partial charge in [0.1, 0.15) is 0 Å². The van der Waals surface area contributed by atoms with Gasteiger partial charge in [0.25, 0.3) is 0 Å². The van der Waals surface area contributed by atoms with E-state index in [0.29, 0.717) is 11.9 Å². The van der Waals surface area contributed by atoms with Gasteiger partial charge in [0.15, 0.2) is 0 Å². The standard InChI is InChI=1S/C12H22N2OS/c1-3-10-12(15)14(11(4-2)13-10)9-6-5-7-16-8-9/h9-11,13H,3-8H2,1-2H3. The van der Waals surface area contributed by atoms with Gasteiger partial charge in [0.05, 0.1) is 12.2 Å². The number of nitrogens with zero attached hydrogens (tertiary/aromatic N) is 1. The molecule has 0 aliphatic carbocycles. The van der Waals surface area contributed by atoms with Crippen molar-refractivity contribution in [1.82, 2.24) is 10.2 Å². The lowest BCUT2D eigenvalue weighted by atomic mass is 10.1. The topological polar surface area (TPSA) is 32.3 Å². The van der Waals surface area contributed by atoms with Gasteiger partial charge >= 0.3 is 0 Å². The zero-order valence-electron chi connectivity index (χ0n) is 10.2. The van der Waals surface area contributed by atoms with Crippen molar-refractivity contribution in [3.05, 3.63) is 0 Å². The van der Waals surface area contributed by atoms with Crippen LogP contribution < -0.4 is 5.32 Å². The minimum atomic E-state index is 0.0666. The third-order valence-electron chi connectivity index (χ3n) is 3.61. The number of nitrogens with one attached hydrogen (secondary N) is 1. The number of carbonyl (C=O) groups excluding carboxylic acids is 1. The highest BCUT2D eigenvalue weighted by Crippen LogP contribution is 2.27. The second kappa shape index (κ2) is 5.41. The maximum atomic E-state index is 12.3. The van der Waals surface area contributed by atoms with Crippen LogP contribution in [-0.2, 0) is 4.79 Å². The van der Waals surface area contributed by atoms with Crippen LogP contribution in [-0.4, -0.2) is 40.6 Å². The Morgan fingerprint density at radius 3 is 2.81 bits per heavy atom. The Bertz CT molecular complexity index is 253. The molecule has 2 rings (SSSR count). The first-order valence-corrected chi connectivity index (χ1v) is 7.59. The van der Waals surface area contributed by atoms with Crippen molar-refractivity contribution >= 4 is 17.7 Å². The van der Waals surface area contributed by atoms with Crippen LogP contribution in [0.2, 0.25) is 0 Å². The summed E-state index contributed by atoms with van der Waals surface area (Å²) in [5.74, 6) is 2.72. The smallest absolute Gasteiger partial charge is 0.241 e. The summed E-state index contributed by atoms with van der Waals surface area (Å²) in [5, 5.41) is 3.45. The van der Waals surface area contributed by atoms with Crippen LogP contribution in [0.5, 0.6) is 0 Å². The molecular weight excluding hydrogens is 220 g/mol. The summed E-state index contributed by atoms with van der Waals surface area (Å²) in [7, 11) is 0.